The second-order valence-corrected chi connectivity index (χ2v) is 5.65. The number of aromatic nitrogens is 4. The summed E-state index contributed by atoms with van der Waals surface area (Å²) in [4.78, 5) is 25.0. The van der Waals surface area contributed by atoms with E-state index in [-0.39, 0.29) is 13.0 Å². The van der Waals surface area contributed by atoms with E-state index in [1.54, 1.807) is 6.92 Å². The van der Waals surface area contributed by atoms with Crippen LogP contribution in [-0.2, 0) is 14.3 Å². The van der Waals surface area contributed by atoms with Crippen molar-refractivity contribution in [1.82, 2.24) is 25.5 Å². The Morgan fingerprint density at radius 3 is 2.75 bits per heavy atom. The number of carbonyl (C=O) groups excluding carboxylic acids is 1. The Morgan fingerprint density at radius 1 is 1.38 bits per heavy atom. The molecule has 1 aliphatic rings. The fourth-order valence-electron chi connectivity index (χ4n) is 2.42. The maximum Gasteiger partial charge on any atom is 0.331 e. The van der Waals surface area contributed by atoms with Gasteiger partial charge in [-0.25, -0.2) is 4.79 Å². The number of hydrogen-bond acceptors (Lipinski definition) is 6. The number of nitrogens with zero attached hydrogens (tertiary/aromatic N) is 4. The summed E-state index contributed by atoms with van der Waals surface area (Å²) in [5, 5.41) is 23.9. The molecular formula is C15H17N5O4. The van der Waals surface area contributed by atoms with Crippen molar-refractivity contribution in [3.05, 3.63) is 30.3 Å². The number of aliphatic carboxylic acids is 1. The minimum absolute atomic E-state index is 0.0547. The van der Waals surface area contributed by atoms with Gasteiger partial charge in [0.1, 0.15) is 6.04 Å². The molecule has 2 N–H and O–H groups in total. The first kappa shape index (κ1) is 16.1. The molecule has 1 fully saturated rings. The average molecular weight is 331 g/mol. The van der Waals surface area contributed by atoms with E-state index in [9.17, 15) is 14.7 Å². The molecule has 2 unspecified atom stereocenters. The molecule has 2 aromatic rings. The van der Waals surface area contributed by atoms with Crippen LogP contribution in [0.25, 0.3) is 11.4 Å². The van der Waals surface area contributed by atoms with Gasteiger partial charge in [-0.1, -0.05) is 30.3 Å². The molecule has 126 valence electrons. The van der Waals surface area contributed by atoms with Gasteiger partial charge in [-0.2, -0.15) is 4.80 Å². The van der Waals surface area contributed by atoms with Crippen molar-refractivity contribution in [2.24, 2.45) is 0 Å². The van der Waals surface area contributed by atoms with Gasteiger partial charge < -0.3 is 15.2 Å². The molecule has 1 saturated heterocycles. The summed E-state index contributed by atoms with van der Waals surface area (Å²) < 4.78 is 5.12. The van der Waals surface area contributed by atoms with Crippen molar-refractivity contribution in [3.8, 4) is 11.4 Å². The Balaban J connectivity index is 1.74. The van der Waals surface area contributed by atoms with E-state index < -0.39 is 23.5 Å². The highest BCUT2D eigenvalue weighted by Crippen LogP contribution is 2.20. The number of hydrogen-bond donors (Lipinski definition) is 2. The number of amides is 1. The minimum atomic E-state index is -1.39. The van der Waals surface area contributed by atoms with Gasteiger partial charge in [-0.3, -0.25) is 4.79 Å². The highest BCUT2D eigenvalue weighted by molar-refractivity contribution is 5.89. The van der Waals surface area contributed by atoms with Crippen LogP contribution in [0.3, 0.4) is 0 Å². The molecule has 2 atom stereocenters. The standard InChI is InChI=1S/C15H17N5O4/c1-10(13(21)16-15(14(22)23)7-8-24-9-15)20-18-12(17-19-20)11-5-3-2-4-6-11/h2-6,10H,7-9H2,1H3,(H,16,21)(H,22,23). The number of tetrazole rings is 1. The summed E-state index contributed by atoms with van der Waals surface area (Å²) in [5.74, 6) is -1.22. The fraction of sp³-hybridized carbons (Fsp3) is 0.400. The second-order valence-electron chi connectivity index (χ2n) is 5.65. The molecule has 2 heterocycles. The van der Waals surface area contributed by atoms with E-state index in [0.717, 1.165) is 5.56 Å². The first-order valence-electron chi connectivity index (χ1n) is 7.50. The van der Waals surface area contributed by atoms with Crippen molar-refractivity contribution in [3.63, 3.8) is 0 Å². The quantitative estimate of drug-likeness (QED) is 0.806. The molecule has 3 rings (SSSR count). The molecule has 0 aliphatic carbocycles. The molecule has 1 aliphatic heterocycles. The van der Waals surface area contributed by atoms with Gasteiger partial charge in [0.25, 0.3) is 0 Å². The van der Waals surface area contributed by atoms with Gasteiger partial charge in [-0.15, -0.1) is 10.2 Å². The number of nitrogens with one attached hydrogen (secondary N) is 1. The van der Waals surface area contributed by atoms with E-state index in [1.807, 2.05) is 30.3 Å². The van der Waals surface area contributed by atoms with Crippen molar-refractivity contribution >= 4 is 11.9 Å². The van der Waals surface area contributed by atoms with Crippen molar-refractivity contribution in [2.45, 2.75) is 24.9 Å². The lowest BCUT2D eigenvalue weighted by Crippen LogP contribution is -2.56. The molecule has 1 amide bonds. The maximum atomic E-state index is 12.4. The largest absolute Gasteiger partial charge is 0.479 e. The van der Waals surface area contributed by atoms with Gasteiger partial charge in [-0.05, 0) is 12.1 Å². The Morgan fingerprint density at radius 2 is 2.12 bits per heavy atom. The molecule has 9 heteroatoms. The van der Waals surface area contributed by atoms with Crippen LogP contribution in [-0.4, -0.2) is 55.9 Å². The van der Waals surface area contributed by atoms with Gasteiger partial charge in [0.05, 0.1) is 6.61 Å². The first-order chi connectivity index (χ1) is 11.5. The zero-order valence-electron chi connectivity index (χ0n) is 13.0. The van der Waals surface area contributed by atoms with Crippen LogP contribution in [0.4, 0.5) is 0 Å². The number of carboxylic acids is 1. The van der Waals surface area contributed by atoms with E-state index in [0.29, 0.717) is 12.4 Å². The molecular weight excluding hydrogens is 314 g/mol. The van der Waals surface area contributed by atoms with Crippen molar-refractivity contribution in [2.75, 3.05) is 13.2 Å². The number of carboxylic acid groups (broad SMARTS) is 1. The van der Waals surface area contributed by atoms with Crippen molar-refractivity contribution in [1.29, 1.82) is 0 Å². The van der Waals surface area contributed by atoms with Crippen LogP contribution < -0.4 is 5.32 Å². The van der Waals surface area contributed by atoms with E-state index in [4.69, 9.17) is 4.74 Å². The van der Waals surface area contributed by atoms with Gasteiger partial charge in [0.15, 0.2) is 5.54 Å². The lowest BCUT2D eigenvalue weighted by atomic mass is 9.98. The first-order valence-corrected chi connectivity index (χ1v) is 7.50. The molecule has 0 saturated carbocycles. The zero-order valence-corrected chi connectivity index (χ0v) is 13.0. The third-order valence-electron chi connectivity index (χ3n) is 3.98. The molecule has 0 spiro atoms. The SMILES string of the molecule is CC(C(=O)NC1(C(=O)O)CCOC1)n1nnc(-c2ccccc2)n1. The molecule has 0 radical (unpaired) electrons. The number of carbonyl (C=O) groups is 2. The monoisotopic (exact) mass is 331 g/mol. The minimum Gasteiger partial charge on any atom is -0.479 e. The normalized spacial score (nSPS) is 21.4. The molecule has 0 bridgehead atoms. The highest BCUT2D eigenvalue weighted by Gasteiger charge is 2.44. The van der Waals surface area contributed by atoms with Crippen LogP contribution in [0, 0.1) is 0 Å². The molecule has 1 aromatic carbocycles. The smallest absolute Gasteiger partial charge is 0.331 e. The predicted octanol–water partition coefficient (Wildman–Crippen LogP) is 0.261. The lowest BCUT2D eigenvalue weighted by Gasteiger charge is -2.25. The Kier molecular flexibility index (Phi) is 4.26. The Labute approximate surface area is 137 Å². The van der Waals surface area contributed by atoms with Gasteiger partial charge in [0, 0.05) is 18.6 Å². The summed E-state index contributed by atoms with van der Waals surface area (Å²) in [6.45, 7) is 1.82. The summed E-state index contributed by atoms with van der Waals surface area (Å²) in [6, 6.07) is 8.44. The lowest BCUT2D eigenvalue weighted by molar-refractivity contribution is -0.148. The summed E-state index contributed by atoms with van der Waals surface area (Å²) in [5.41, 5.74) is -0.615. The summed E-state index contributed by atoms with van der Waals surface area (Å²) in [6.07, 6.45) is 0.223. The van der Waals surface area contributed by atoms with Crippen LogP contribution in [0.2, 0.25) is 0 Å². The predicted molar refractivity (Wildman–Crippen MR) is 81.9 cm³/mol. The molecule has 24 heavy (non-hydrogen) atoms. The van der Waals surface area contributed by atoms with Crippen molar-refractivity contribution < 1.29 is 19.4 Å². The Bertz CT molecular complexity index is 739. The van der Waals surface area contributed by atoms with E-state index in [2.05, 4.69) is 20.7 Å². The zero-order chi connectivity index (χ0) is 17.2. The van der Waals surface area contributed by atoms with Gasteiger partial charge >= 0.3 is 5.97 Å². The number of rotatable bonds is 5. The Hall–Kier alpha value is -2.81. The summed E-state index contributed by atoms with van der Waals surface area (Å²) >= 11 is 0. The fourth-order valence-corrected chi connectivity index (χ4v) is 2.42. The van der Waals surface area contributed by atoms with E-state index in [1.165, 1.54) is 4.80 Å². The third-order valence-corrected chi connectivity index (χ3v) is 3.98. The highest BCUT2D eigenvalue weighted by atomic mass is 16.5. The van der Waals surface area contributed by atoms with Crippen LogP contribution >= 0.6 is 0 Å². The molecule has 1 aromatic heterocycles. The number of benzene rings is 1. The summed E-state index contributed by atoms with van der Waals surface area (Å²) in [7, 11) is 0. The topological polar surface area (TPSA) is 119 Å². The second kappa shape index (κ2) is 6.36. The van der Waals surface area contributed by atoms with Crippen LogP contribution in [0.5, 0.6) is 0 Å². The van der Waals surface area contributed by atoms with Gasteiger partial charge in [0.2, 0.25) is 11.7 Å². The maximum absolute atomic E-state index is 12.4. The average Bonchev–Trinajstić information content (AvgIpc) is 3.25. The number of ether oxygens (including phenoxy) is 1. The third kappa shape index (κ3) is 2.98. The molecule has 9 nitrogen and oxygen atoms in total. The van der Waals surface area contributed by atoms with E-state index >= 15 is 0 Å². The van der Waals surface area contributed by atoms with Crippen LogP contribution in [0.1, 0.15) is 19.4 Å². The van der Waals surface area contributed by atoms with Crippen LogP contribution in [0.15, 0.2) is 30.3 Å².